The number of hydrogen-bond acceptors (Lipinski definition) is 2. The van der Waals surface area contributed by atoms with Gasteiger partial charge in [0.2, 0.25) is 0 Å². The molecule has 110 valence electrons. The van der Waals surface area contributed by atoms with Crippen molar-refractivity contribution in [2.24, 2.45) is 0 Å². The van der Waals surface area contributed by atoms with Crippen LogP contribution in [0.5, 0.6) is 5.75 Å². The van der Waals surface area contributed by atoms with Crippen molar-refractivity contribution in [3.05, 3.63) is 57.0 Å². The Morgan fingerprint density at radius 1 is 1.14 bits per heavy atom. The van der Waals surface area contributed by atoms with Gasteiger partial charge in [-0.25, -0.2) is 0 Å². The van der Waals surface area contributed by atoms with Crippen LogP contribution in [0, 0.1) is 6.92 Å². The van der Waals surface area contributed by atoms with Crippen molar-refractivity contribution in [3.63, 3.8) is 0 Å². The van der Waals surface area contributed by atoms with E-state index in [1.807, 2.05) is 49.4 Å². The number of nitrogens with one attached hydrogen (secondary N) is 1. The van der Waals surface area contributed by atoms with Gasteiger partial charge in [-0.1, -0.05) is 37.9 Å². The lowest BCUT2D eigenvalue weighted by molar-refractivity contribution is -0.122. The van der Waals surface area contributed by atoms with E-state index in [4.69, 9.17) is 4.74 Å². The van der Waals surface area contributed by atoms with Crippen molar-refractivity contribution < 1.29 is 9.53 Å². The molecule has 21 heavy (non-hydrogen) atoms. The lowest BCUT2D eigenvalue weighted by atomic mass is 10.2. The third kappa shape index (κ3) is 4.58. The maximum Gasteiger partial charge on any atom is 0.265 e. The normalized spacial score (nSPS) is 11.8. The molecule has 0 saturated heterocycles. The largest absolute Gasteiger partial charge is 0.481 e. The van der Waals surface area contributed by atoms with Crippen molar-refractivity contribution in [3.8, 4) is 5.75 Å². The second kappa shape index (κ2) is 7.09. The van der Waals surface area contributed by atoms with Gasteiger partial charge in [-0.15, -0.1) is 0 Å². The number of amides is 1. The maximum absolute atomic E-state index is 12.2. The summed E-state index contributed by atoms with van der Waals surface area (Å²) in [5.74, 6) is 0.472. The summed E-state index contributed by atoms with van der Waals surface area (Å²) >= 11 is 6.77. The fraction of sp³-hybridized carbons (Fsp3) is 0.188. The molecule has 1 unspecified atom stereocenters. The van der Waals surface area contributed by atoms with Crippen LogP contribution in [0.2, 0.25) is 0 Å². The number of carbonyl (C=O) groups excluding carboxylic acids is 1. The van der Waals surface area contributed by atoms with Crippen molar-refractivity contribution in [2.45, 2.75) is 20.0 Å². The van der Waals surface area contributed by atoms with Crippen molar-refractivity contribution in [1.82, 2.24) is 0 Å². The summed E-state index contributed by atoms with van der Waals surface area (Å²) in [6, 6.07) is 13.1. The number of halogens is 2. The van der Waals surface area contributed by atoms with Crippen LogP contribution >= 0.6 is 31.9 Å². The molecule has 1 atom stereocenters. The summed E-state index contributed by atoms with van der Waals surface area (Å²) in [5.41, 5.74) is 1.78. The molecule has 0 radical (unpaired) electrons. The Morgan fingerprint density at radius 3 is 2.52 bits per heavy atom. The SMILES string of the molecule is Cc1cc(Br)ccc1NC(=O)C(C)Oc1cccc(Br)c1. The molecule has 0 aromatic heterocycles. The van der Waals surface area contributed by atoms with Crippen LogP contribution in [-0.2, 0) is 4.79 Å². The maximum atomic E-state index is 12.2. The van der Waals surface area contributed by atoms with Crippen molar-refractivity contribution >= 4 is 43.5 Å². The molecule has 3 nitrogen and oxygen atoms in total. The van der Waals surface area contributed by atoms with Crippen molar-refractivity contribution in [1.29, 1.82) is 0 Å². The molecule has 5 heteroatoms. The molecule has 2 rings (SSSR count). The van der Waals surface area contributed by atoms with Crippen LogP contribution in [-0.4, -0.2) is 12.0 Å². The number of ether oxygens (including phenoxy) is 1. The van der Waals surface area contributed by atoms with Crippen LogP contribution in [0.4, 0.5) is 5.69 Å². The number of anilines is 1. The molecule has 2 aromatic carbocycles. The smallest absolute Gasteiger partial charge is 0.265 e. The minimum Gasteiger partial charge on any atom is -0.481 e. The molecule has 0 aliphatic heterocycles. The highest BCUT2D eigenvalue weighted by Crippen LogP contribution is 2.22. The number of rotatable bonds is 4. The lowest BCUT2D eigenvalue weighted by Gasteiger charge is -2.16. The standard InChI is InChI=1S/C16H15Br2NO2/c1-10-8-13(18)6-7-15(10)19-16(20)11(2)21-14-5-3-4-12(17)9-14/h3-9,11H,1-2H3,(H,19,20). The molecule has 1 amide bonds. The predicted molar refractivity (Wildman–Crippen MR) is 91.7 cm³/mol. The second-order valence-corrected chi connectivity index (χ2v) is 6.50. The Morgan fingerprint density at radius 2 is 1.86 bits per heavy atom. The molecule has 2 aromatic rings. The first-order valence-corrected chi connectivity index (χ1v) is 8.03. The van der Waals surface area contributed by atoms with E-state index in [1.165, 1.54) is 0 Å². The summed E-state index contributed by atoms with van der Waals surface area (Å²) in [4.78, 5) is 12.2. The van der Waals surface area contributed by atoms with Crippen LogP contribution in [0.25, 0.3) is 0 Å². The average Bonchev–Trinajstić information content (AvgIpc) is 2.41. The summed E-state index contributed by atoms with van der Waals surface area (Å²) in [6.45, 7) is 3.67. The van der Waals surface area contributed by atoms with E-state index in [-0.39, 0.29) is 5.91 Å². The Hall–Kier alpha value is -1.33. The van der Waals surface area contributed by atoms with Crippen molar-refractivity contribution in [2.75, 3.05) is 5.32 Å². The molecule has 0 aliphatic carbocycles. The van der Waals surface area contributed by atoms with E-state index in [1.54, 1.807) is 6.92 Å². The van der Waals surface area contributed by atoms with Gasteiger partial charge in [0.15, 0.2) is 6.10 Å². The first kappa shape index (κ1) is 16.0. The van der Waals surface area contributed by atoms with Crippen LogP contribution in [0.15, 0.2) is 51.4 Å². The highest BCUT2D eigenvalue weighted by molar-refractivity contribution is 9.10. The average molecular weight is 413 g/mol. The lowest BCUT2D eigenvalue weighted by Crippen LogP contribution is -2.30. The molecule has 0 spiro atoms. The minimum absolute atomic E-state index is 0.180. The molecular formula is C16H15Br2NO2. The van der Waals surface area contributed by atoms with E-state index < -0.39 is 6.10 Å². The molecule has 0 saturated carbocycles. The molecule has 0 bridgehead atoms. The van der Waals surface area contributed by atoms with Gasteiger partial charge < -0.3 is 10.1 Å². The number of carbonyl (C=O) groups is 1. The van der Waals surface area contributed by atoms with Gasteiger partial charge in [0.1, 0.15) is 5.75 Å². The van der Waals surface area contributed by atoms with Crippen LogP contribution in [0.3, 0.4) is 0 Å². The fourth-order valence-electron chi connectivity index (χ4n) is 1.80. The molecule has 1 N–H and O–H groups in total. The zero-order chi connectivity index (χ0) is 15.4. The Labute approximate surface area is 141 Å². The summed E-state index contributed by atoms with van der Waals surface area (Å²) in [6.07, 6.45) is -0.581. The summed E-state index contributed by atoms with van der Waals surface area (Å²) < 4.78 is 7.54. The third-order valence-electron chi connectivity index (χ3n) is 2.92. The number of hydrogen-bond donors (Lipinski definition) is 1. The topological polar surface area (TPSA) is 38.3 Å². The highest BCUT2D eigenvalue weighted by Gasteiger charge is 2.15. The van der Waals surface area contributed by atoms with E-state index in [9.17, 15) is 4.79 Å². The second-order valence-electron chi connectivity index (χ2n) is 4.67. The van der Waals surface area contributed by atoms with E-state index >= 15 is 0 Å². The van der Waals surface area contributed by atoms with Gasteiger partial charge in [0, 0.05) is 14.6 Å². The molecular weight excluding hydrogens is 398 g/mol. The van der Waals surface area contributed by atoms with Gasteiger partial charge >= 0.3 is 0 Å². The number of aryl methyl sites for hydroxylation is 1. The minimum atomic E-state index is -0.581. The van der Waals surface area contributed by atoms with Crippen LogP contribution < -0.4 is 10.1 Å². The van der Waals surface area contributed by atoms with Gasteiger partial charge in [0.05, 0.1) is 0 Å². The monoisotopic (exact) mass is 411 g/mol. The van der Waals surface area contributed by atoms with E-state index in [0.717, 1.165) is 20.2 Å². The van der Waals surface area contributed by atoms with Gasteiger partial charge in [0.25, 0.3) is 5.91 Å². The molecule has 0 heterocycles. The first-order chi connectivity index (χ1) is 9.95. The van der Waals surface area contributed by atoms with Crippen LogP contribution in [0.1, 0.15) is 12.5 Å². The Bertz CT molecular complexity index is 658. The predicted octanol–water partition coefficient (Wildman–Crippen LogP) is 4.93. The van der Waals surface area contributed by atoms with E-state index in [2.05, 4.69) is 37.2 Å². The van der Waals surface area contributed by atoms with Gasteiger partial charge in [-0.05, 0) is 55.8 Å². The van der Waals surface area contributed by atoms with E-state index in [0.29, 0.717) is 5.75 Å². The molecule has 0 fully saturated rings. The number of benzene rings is 2. The zero-order valence-corrected chi connectivity index (χ0v) is 14.9. The summed E-state index contributed by atoms with van der Waals surface area (Å²) in [7, 11) is 0. The highest BCUT2D eigenvalue weighted by atomic mass is 79.9. The fourth-order valence-corrected chi connectivity index (χ4v) is 2.65. The Balaban J connectivity index is 2.02. The Kier molecular flexibility index (Phi) is 5.42. The first-order valence-electron chi connectivity index (χ1n) is 6.45. The quantitative estimate of drug-likeness (QED) is 0.773. The zero-order valence-electron chi connectivity index (χ0n) is 11.7. The van der Waals surface area contributed by atoms with Gasteiger partial charge in [-0.2, -0.15) is 0 Å². The van der Waals surface area contributed by atoms with Gasteiger partial charge in [-0.3, -0.25) is 4.79 Å². The summed E-state index contributed by atoms with van der Waals surface area (Å²) in [5, 5.41) is 2.88. The third-order valence-corrected chi connectivity index (χ3v) is 3.91. The molecule has 0 aliphatic rings.